The van der Waals surface area contributed by atoms with E-state index in [0.717, 1.165) is 45.3 Å². The Hall–Kier alpha value is -3.38. The van der Waals surface area contributed by atoms with E-state index in [1.54, 1.807) is 24.3 Å². The third-order valence-electron chi connectivity index (χ3n) is 8.55. The Morgan fingerprint density at radius 1 is 0.952 bits per heavy atom. The van der Waals surface area contributed by atoms with Crippen LogP contribution in [0.2, 0.25) is 0 Å². The number of carbonyl (C=O) groups excluding carboxylic acids is 1. The van der Waals surface area contributed by atoms with Gasteiger partial charge in [0.05, 0.1) is 24.2 Å². The molecule has 4 heterocycles. The molecule has 0 radical (unpaired) electrons. The van der Waals surface area contributed by atoms with Crippen molar-refractivity contribution in [3.63, 3.8) is 0 Å². The van der Waals surface area contributed by atoms with Gasteiger partial charge in [-0.05, 0) is 63.7 Å². The van der Waals surface area contributed by atoms with Gasteiger partial charge in [-0.3, -0.25) is 9.36 Å². The Morgan fingerprint density at radius 3 is 2.45 bits per heavy atom. The van der Waals surface area contributed by atoms with Crippen molar-refractivity contribution in [1.82, 2.24) is 29.7 Å². The molecule has 3 aliphatic rings. The van der Waals surface area contributed by atoms with Crippen LogP contribution in [0.3, 0.4) is 0 Å². The number of alkyl halides is 2. The minimum Gasteiger partial charge on any atom is -0.378 e. The largest absolute Gasteiger partial charge is 0.378 e. The summed E-state index contributed by atoms with van der Waals surface area (Å²) in [5.41, 5.74) is 1.06. The lowest BCUT2D eigenvalue weighted by Gasteiger charge is -2.31. The monoisotopic (exact) mass is 582 g/mol. The van der Waals surface area contributed by atoms with Crippen LogP contribution in [-0.2, 0) is 9.53 Å². The molecule has 226 valence electrons. The highest BCUT2D eigenvalue weighted by Crippen LogP contribution is 2.30. The predicted molar refractivity (Wildman–Crippen MR) is 157 cm³/mol. The first-order valence-corrected chi connectivity index (χ1v) is 15.3. The van der Waals surface area contributed by atoms with Crippen LogP contribution in [0.1, 0.15) is 63.6 Å². The number of morpholine rings is 1. The van der Waals surface area contributed by atoms with E-state index in [2.05, 4.69) is 20.5 Å². The summed E-state index contributed by atoms with van der Waals surface area (Å²) in [4.78, 5) is 30.8. The zero-order valence-corrected chi connectivity index (χ0v) is 24.0. The van der Waals surface area contributed by atoms with E-state index in [9.17, 15) is 13.6 Å². The van der Waals surface area contributed by atoms with E-state index in [1.165, 1.54) is 23.8 Å². The van der Waals surface area contributed by atoms with Gasteiger partial charge < -0.3 is 25.2 Å². The molecule has 1 amide bonds. The van der Waals surface area contributed by atoms with Gasteiger partial charge in [0.1, 0.15) is 11.6 Å². The van der Waals surface area contributed by atoms with Crippen molar-refractivity contribution < 1.29 is 18.3 Å². The second kappa shape index (κ2) is 13.3. The summed E-state index contributed by atoms with van der Waals surface area (Å²) < 4.78 is 35.2. The quantitative estimate of drug-likeness (QED) is 0.385. The molecule has 10 nitrogen and oxygen atoms in total. The van der Waals surface area contributed by atoms with E-state index < -0.39 is 6.43 Å². The number of halogens is 2. The van der Waals surface area contributed by atoms with Crippen molar-refractivity contribution >= 4 is 28.7 Å². The molecule has 1 aliphatic carbocycles. The van der Waals surface area contributed by atoms with Crippen LogP contribution in [0.5, 0.6) is 0 Å². The highest BCUT2D eigenvalue weighted by Gasteiger charge is 2.26. The number of nitrogens with one attached hydrogen (secondary N) is 2. The number of benzene rings is 1. The molecule has 2 aliphatic heterocycles. The van der Waals surface area contributed by atoms with Crippen molar-refractivity contribution in [1.29, 1.82) is 0 Å². The second-order valence-corrected chi connectivity index (χ2v) is 11.5. The van der Waals surface area contributed by atoms with Gasteiger partial charge in [0.25, 0.3) is 6.43 Å². The van der Waals surface area contributed by atoms with Crippen LogP contribution >= 0.6 is 0 Å². The zero-order valence-electron chi connectivity index (χ0n) is 24.0. The molecule has 1 saturated carbocycles. The van der Waals surface area contributed by atoms with Gasteiger partial charge in [-0.25, -0.2) is 13.8 Å². The maximum absolute atomic E-state index is 14.1. The average molecular weight is 583 g/mol. The van der Waals surface area contributed by atoms with Gasteiger partial charge in [-0.1, -0.05) is 18.6 Å². The fraction of sp³-hybridized carbons (Fsp3) is 0.600. The van der Waals surface area contributed by atoms with Crippen molar-refractivity contribution in [2.75, 3.05) is 56.2 Å². The summed E-state index contributed by atoms with van der Waals surface area (Å²) in [5.74, 6) is 1.22. The molecular formula is C30H40F2N8O2. The molecule has 3 fully saturated rings. The number of amides is 1. The van der Waals surface area contributed by atoms with Crippen LogP contribution in [0.4, 0.5) is 20.5 Å². The van der Waals surface area contributed by atoms with Crippen LogP contribution in [0, 0.1) is 0 Å². The summed E-state index contributed by atoms with van der Waals surface area (Å²) >= 11 is 0. The number of ether oxygens (including phenoxy) is 1. The predicted octanol–water partition coefficient (Wildman–Crippen LogP) is 4.31. The summed E-state index contributed by atoms with van der Waals surface area (Å²) in [7, 11) is 0. The van der Waals surface area contributed by atoms with Gasteiger partial charge in [0, 0.05) is 44.2 Å². The van der Waals surface area contributed by atoms with E-state index in [-0.39, 0.29) is 23.8 Å². The minimum absolute atomic E-state index is 0.134. The smallest absolute Gasteiger partial charge is 0.296 e. The van der Waals surface area contributed by atoms with E-state index in [1.807, 2.05) is 11.0 Å². The maximum atomic E-state index is 14.1. The molecule has 0 unspecified atom stereocenters. The fourth-order valence-electron chi connectivity index (χ4n) is 6.28. The number of nitrogens with zero attached hydrogens (tertiary/aromatic N) is 6. The number of likely N-dealkylation sites (tertiary alicyclic amines) is 1. The number of aromatic nitrogens is 4. The maximum Gasteiger partial charge on any atom is 0.296 e. The average Bonchev–Trinajstić information content (AvgIpc) is 3.42. The van der Waals surface area contributed by atoms with Crippen LogP contribution in [0.15, 0.2) is 30.3 Å². The molecule has 42 heavy (non-hydrogen) atoms. The number of anilines is 2. The first kappa shape index (κ1) is 28.7. The van der Waals surface area contributed by atoms with E-state index in [0.29, 0.717) is 61.3 Å². The molecule has 0 atom stereocenters. The highest BCUT2D eigenvalue weighted by atomic mass is 19.3. The first-order valence-electron chi connectivity index (χ1n) is 15.3. The molecule has 2 aromatic heterocycles. The normalized spacial score (nSPS) is 22.0. The van der Waals surface area contributed by atoms with Gasteiger partial charge >= 0.3 is 0 Å². The Bertz CT molecular complexity index is 1350. The lowest BCUT2D eigenvalue weighted by atomic mass is 9.91. The molecule has 12 heteroatoms. The molecule has 2 saturated heterocycles. The standard InChI is InChI=1S/C30H40F2N8O2/c31-28(32)29-35-23-6-2-3-7-24(23)40(29)26-20-25(36-30(37-26)39-16-18-42-19-17-39)33-21-8-10-22(11-9-21)34-27(41)12-15-38-13-4-1-5-14-38/h2-3,6-7,20-22,28H,1,4-5,8-19H2,(H,34,41)(H,33,36,37). The number of piperidine rings is 1. The molecule has 0 spiro atoms. The molecule has 1 aromatic carbocycles. The first-order chi connectivity index (χ1) is 20.5. The SMILES string of the molecule is O=C(CCN1CCCCC1)NC1CCC(Nc2cc(-n3c(C(F)F)nc4ccccc43)nc(N3CCOCC3)n2)CC1. The van der Waals surface area contributed by atoms with Gasteiger partial charge in [-0.2, -0.15) is 9.97 Å². The van der Waals surface area contributed by atoms with Crippen LogP contribution in [-0.4, -0.2) is 88.3 Å². The van der Waals surface area contributed by atoms with Crippen LogP contribution < -0.4 is 15.5 Å². The molecule has 6 rings (SSSR count). The Kier molecular flexibility index (Phi) is 9.09. The molecule has 3 aromatic rings. The topological polar surface area (TPSA) is 100 Å². The van der Waals surface area contributed by atoms with Crippen LogP contribution in [0.25, 0.3) is 16.9 Å². The molecular weight excluding hydrogens is 542 g/mol. The summed E-state index contributed by atoms with van der Waals surface area (Å²) in [5, 5.41) is 6.79. The van der Waals surface area contributed by atoms with E-state index >= 15 is 0 Å². The lowest BCUT2D eigenvalue weighted by molar-refractivity contribution is -0.122. The number of rotatable bonds is 9. The number of hydrogen-bond donors (Lipinski definition) is 2. The molecule has 2 N–H and O–H groups in total. The summed E-state index contributed by atoms with van der Waals surface area (Å²) in [6, 6.07) is 9.16. The molecule has 0 bridgehead atoms. The Morgan fingerprint density at radius 2 is 1.69 bits per heavy atom. The van der Waals surface area contributed by atoms with Gasteiger partial charge in [0.15, 0.2) is 5.82 Å². The summed E-state index contributed by atoms with van der Waals surface area (Å²) in [6.07, 6.45) is 5.05. The third-order valence-corrected chi connectivity index (χ3v) is 8.55. The van der Waals surface area contributed by atoms with Crippen molar-refractivity contribution in [2.45, 2.75) is 69.9 Å². The number of carbonyl (C=O) groups is 1. The van der Waals surface area contributed by atoms with Crippen molar-refractivity contribution in [3.05, 3.63) is 36.2 Å². The zero-order chi connectivity index (χ0) is 28.9. The number of para-hydroxylation sites is 2. The van der Waals surface area contributed by atoms with E-state index in [4.69, 9.17) is 14.7 Å². The van der Waals surface area contributed by atoms with Crippen molar-refractivity contribution in [2.24, 2.45) is 0 Å². The third kappa shape index (κ3) is 6.81. The number of hydrogen-bond acceptors (Lipinski definition) is 8. The number of fused-ring (bicyclic) bond motifs is 1. The van der Waals surface area contributed by atoms with Gasteiger partial charge in [-0.15, -0.1) is 0 Å². The summed E-state index contributed by atoms with van der Waals surface area (Å²) in [6.45, 7) is 5.39. The lowest BCUT2D eigenvalue weighted by Crippen LogP contribution is -2.41. The number of imidazole rings is 1. The Balaban J connectivity index is 1.15. The van der Waals surface area contributed by atoms with Crippen molar-refractivity contribution in [3.8, 4) is 5.82 Å². The Labute approximate surface area is 244 Å². The fourth-order valence-corrected chi connectivity index (χ4v) is 6.28. The van der Waals surface area contributed by atoms with Gasteiger partial charge in [0.2, 0.25) is 11.9 Å². The second-order valence-electron chi connectivity index (χ2n) is 11.5. The highest BCUT2D eigenvalue weighted by molar-refractivity contribution is 5.78. The minimum atomic E-state index is -2.76.